The number of benzene rings is 4. The number of aryl methyl sites for hydroxylation is 4. The molecular weight excluding hydrogens is 629 g/mol. The molecule has 246 valence electrons. The minimum Gasteiger partial charge on any atom is -0.192 e. The highest BCUT2D eigenvalue weighted by atomic mass is 15.7. The Hall–Kier alpha value is -5.76. The van der Waals surface area contributed by atoms with Gasteiger partial charge in [-0.2, -0.15) is 9.13 Å². The van der Waals surface area contributed by atoms with E-state index in [0.717, 1.165) is 128 Å². The number of fused-ring (bicyclic) bond motifs is 12. The second kappa shape index (κ2) is 9.31. The standard InChI is InChI=1S/C43H36N8/c1-5-8-10-26-14-18-30-34(22-26)42-46-39-31-19-23(4)11-15-27(31)35-44-36-28-16-12-24(7-3)20-32(28)40-47-41-33-21-25(9-6-2)13-17-29(33)37-45-38(30)51(42)43(48(35)39,49(36)40)50(37)41/h11-22H,5-10H2,1-4H3/q+2/t43-/m1/s1. The average molecular weight is 665 g/mol. The van der Waals surface area contributed by atoms with Crippen LogP contribution in [0.25, 0.3) is 21.5 Å². The molecular formula is C43H36N8+2. The smallest absolute Gasteiger partial charge is 0.192 e. The SMILES string of the molecule is CCCCc1ccc2c(c1)C1=[N+]3C2=Nc2c4ccc(CCC)cc4c4n2[C@]32n3c(c5ccc(C)cc5c3=N1)=NC1=[N+]2C(=N4)c2cc(CC)ccc21. The first-order valence-corrected chi connectivity index (χ1v) is 18.6. The van der Waals surface area contributed by atoms with Crippen molar-refractivity contribution in [3.05, 3.63) is 128 Å². The molecule has 0 saturated heterocycles. The van der Waals surface area contributed by atoms with E-state index < -0.39 is 5.91 Å². The summed E-state index contributed by atoms with van der Waals surface area (Å²) in [6.07, 6.45) is 6.41. The molecule has 0 unspecified atom stereocenters. The van der Waals surface area contributed by atoms with Gasteiger partial charge in [-0.1, -0.05) is 83.4 Å². The van der Waals surface area contributed by atoms with Gasteiger partial charge in [-0.15, -0.1) is 9.15 Å². The lowest BCUT2D eigenvalue weighted by atomic mass is 10.0. The summed E-state index contributed by atoms with van der Waals surface area (Å²) in [5.74, 6) is 4.64. The van der Waals surface area contributed by atoms with Crippen molar-refractivity contribution < 1.29 is 9.15 Å². The highest BCUT2D eigenvalue weighted by Gasteiger charge is 2.69. The lowest BCUT2D eigenvalue weighted by molar-refractivity contribution is -0.790. The van der Waals surface area contributed by atoms with E-state index in [-0.39, 0.29) is 0 Å². The number of nitrogens with zero attached hydrogens (tertiary/aromatic N) is 8. The van der Waals surface area contributed by atoms with Crippen LogP contribution in [0.3, 0.4) is 0 Å². The van der Waals surface area contributed by atoms with Crippen LogP contribution in [-0.4, -0.2) is 41.6 Å². The van der Waals surface area contributed by atoms with E-state index in [1.165, 1.54) is 22.3 Å². The predicted octanol–water partition coefficient (Wildman–Crippen LogP) is 6.87. The van der Waals surface area contributed by atoms with Gasteiger partial charge < -0.3 is 0 Å². The van der Waals surface area contributed by atoms with Gasteiger partial charge in [0, 0.05) is 21.5 Å². The van der Waals surface area contributed by atoms with E-state index in [1.807, 2.05) is 0 Å². The number of aromatic nitrogens is 2. The molecule has 8 heteroatoms. The molecule has 8 heterocycles. The van der Waals surface area contributed by atoms with Gasteiger partial charge in [0.2, 0.25) is 22.6 Å². The van der Waals surface area contributed by atoms with Gasteiger partial charge in [0.15, 0.2) is 0 Å². The fourth-order valence-electron chi connectivity index (χ4n) is 9.54. The van der Waals surface area contributed by atoms with Crippen LogP contribution < -0.4 is 11.0 Å². The van der Waals surface area contributed by atoms with Crippen molar-refractivity contribution in [2.24, 2.45) is 20.0 Å². The lowest BCUT2D eigenvalue weighted by Gasteiger charge is -2.40. The van der Waals surface area contributed by atoms with Crippen molar-refractivity contribution >= 4 is 56.5 Å². The van der Waals surface area contributed by atoms with Crippen molar-refractivity contribution in [3.8, 4) is 0 Å². The summed E-state index contributed by atoms with van der Waals surface area (Å²) in [5, 5.41) is 4.49. The molecule has 6 aliphatic rings. The van der Waals surface area contributed by atoms with Crippen LogP contribution in [0.15, 0.2) is 92.8 Å². The summed E-state index contributed by atoms with van der Waals surface area (Å²) in [5.41, 5.74) is 11.5. The van der Waals surface area contributed by atoms with Gasteiger partial charge >= 0.3 is 5.91 Å². The highest BCUT2D eigenvalue weighted by molar-refractivity contribution is 6.20. The summed E-state index contributed by atoms with van der Waals surface area (Å²) in [7, 11) is 0. The van der Waals surface area contributed by atoms with Crippen LogP contribution in [0.5, 0.6) is 0 Å². The van der Waals surface area contributed by atoms with Crippen molar-refractivity contribution in [2.75, 3.05) is 0 Å². The maximum atomic E-state index is 5.66. The average Bonchev–Trinajstić information content (AvgIpc) is 3.85. The molecule has 0 aliphatic carbocycles. The first kappa shape index (κ1) is 28.0. The van der Waals surface area contributed by atoms with E-state index in [0.29, 0.717) is 0 Å². The van der Waals surface area contributed by atoms with Crippen molar-refractivity contribution in [1.29, 1.82) is 0 Å². The minimum atomic E-state index is -0.956. The van der Waals surface area contributed by atoms with E-state index in [9.17, 15) is 0 Å². The Kier molecular flexibility index (Phi) is 5.11. The Balaban J connectivity index is 1.33. The fraction of sp³-hybridized carbons (Fsp3) is 0.256. The molecule has 0 amide bonds. The third kappa shape index (κ3) is 3.11. The second-order valence-electron chi connectivity index (χ2n) is 14.9. The minimum absolute atomic E-state index is 0.921. The number of unbranched alkanes of at least 4 members (excludes halogenated alkanes) is 1. The van der Waals surface area contributed by atoms with Gasteiger partial charge in [-0.25, -0.2) is 0 Å². The molecule has 0 saturated carbocycles. The normalized spacial score (nSPS) is 19.1. The summed E-state index contributed by atoms with van der Waals surface area (Å²) in [6, 6.07) is 27.5. The first-order chi connectivity index (χ1) is 25.0. The third-order valence-corrected chi connectivity index (χ3v) is 11.9. The third-order valence-electron chi connectivity index (χ3n) is 11.9. The summed E-state index contributed by atoms with van der Waals surface area (Å²) in [6.45, 7) is 8.89. The van der Waals surface area contributed by atoms with E-state index >= 15 is 0 Å². The van der Waals surface area contributed by atoms with Crippen LogP contribution in [0.2, 0.25) is 0 Å². The second-order valence-corrected chi connectivity index (χ2v) is 14.9. The Morgan fingerprint density at radius 3 is 2.02 bits per heavy atom. The van der Waals surface area contributed by atoms with Gasteiger partial charge in [0.25, 0.3) is 23.3 Å². The zero-order valence-electron chi connectivity index (χ0n) is 29.2. The Bertz CT molecular complexity index is 2960. The molecule has 51 heavy (non-hydrogen) atoms. The van der Waals surface area contributed by atoms with Gasteiger partial charge in [0.05, 0.1) is 22.3 Å². The van der Waals surface area contributed by atoms with Crippen LogP contribution in [-0.2, 0) is 25.2 Å². The molecule has 2 aromatic heterocycles. The van der Waals surface area contributed by atoms with Gasteiger partial charge in [-0.3, -0.25) is 0 Å². The Morgan fingerprint density at radius 2 is 1.22 bits per heavy atom. The van der Waals surface area contributed by atoms with Crippen LogP contribution >= 0.6 is 0 Å². The molecule has 1 atom stereocenters. The predicted molar refractivity (Wildman–Crippen MR) is 200 cm³/mol. The van der Waals surface area contributed by atoms with E-state index in [4.69, 9.17) is 20.0 Å². The fourth-order valence-corrected chi connectivity index (χ4v) is 9.54. The Morgan fingerprint density at radius 1 is 0.549 bits per heavy atom. The van der Waals surface area contributed by atoms with Crippen molar-refractivity contribution in [1.82, 2.24) is 9.13 Å². The zero-order valence-corrected chi connectivity index (χ0v) is 29.2. The first-order valence-electron chi connectivity index (χ1n) is 18.6. The maximum Gasteiger partial charge on any atom is 0.404 e. The number of hydrogen-bond acceptors (Lipinski definition) is 4. The summed E-state index contributed by atoms with van der Waals surface area (Å²) < 4.78 is 9.65. The topological polar surface area (TPSA) is 65.3 Å². The monoisotopic (exact) mass is 664 g/mol. The lowest BCUT2D eigenvalue weighted by Crippen LogP contribution is -2.71. The van der Waals surface area contributed by atoms with Crippen LogP contribution in [0, 0.1) is 6.92 Å². The van der Waals surface area contributed by atoms with E-state index in [2.05, 4.69) is 119 Å². The molecule has 1 spiro atoms. The Labute approximate surface area is 294 Å². The van der Waals surface area contributed by atoms with E-state index in [1.54, 1.807) is 0 Å². The quantitative estimate of drug-likeness (QED) is 0.175. The largest absolute Gasteiger partial charge is 0.404 e. The molecule has 6 aromatic rings. The van der Waals surface area contributed by atoms with Crippen molar-refractivity contribution in [3.63, 3.8) is 0 Å². The number of aliphatic imine (C=N–C) groups is 2. The van der Waals surface area contributed by atoms with Crippen LogP contribution in [0.1, 0.15) is 84.5 Å². The molecule has 0 fully saturated rings. The molecule has 4 aromatic carbocycles. The number of rotatable bonds is 6. The number of amidine groups is 4. The zero-order chi connectivity index (χ0) is 33.9. The number of hydrogen-bond donors (Lipinski definition) is 0. The molecule has 0 radical (unpaired) electrons. The summed E-state index contributed by atoms with van der Waals surface area (Å²) in [4.78, 5) is 22.5. The highest BCUT2D eigenvalue weighted by Crippen LogP contribution is 2.52. The van der Waals surface area contributed by atoms with Crippen molar-refractivity contribution in [2.45, 2.75) is 72.1 Å². The van der Waals surface area contributed by atoms with Crippen LogP contribution in [0.4, 0.5) is 11.6 Å². The summed E-state index contributed by atoms with van der Waals surface area (Å²) >= 11 is 0. The molecule has 8 nitrogen and oxygen atoms in total. The molecule has 0 N–H and O–H groups in total. The molecule has 0 bridgehead atoms. The molecule has 6 aliphatic heterocycles. The maximum absolute atomic E-state index is 5.66. The van der Waals surface area contributed by atoms with Gasteiger partial charge in [0.1, 0.15) is 0 Å². The molecule has 12 rings (SSSR count). The van der Waals surface area contributed by atoms with Gasteiger partial charge in [-0.05, 0) is 97.8 Å².